The Hall–Kier alpha value is -1.48. The molecule has 0 spiro atoms. The van der Waals surface area contributed by atoms with Gasteiger partial charge in [-0.25, -0.2) is 9.13 Å². The Kier molecular flexibility index (Phi) is 33.8. The van der Waals surface area contributed by atoms with Gasteiger partial charge in [0.15, 0.2) is 0 Å². The molecule has 0 fully saturated rings. The highest BCUT2D eigenvalue weighted by molar-refractivity contribution is 7.47. The van der Waals surface area contributed by atoms with Gasteiger partial charge in [-0.05, 0) is 51.4 Å². The molecule has 0 bridgehead atoms. The molecule has 0 aliphatic rings. The van der Waals surface area contributed by atoms with Crippen LogP contribution < -0.4 is 0 Å². The van der Waals surface area contributed by atoms with Gasteiger partial charge in [-0.15, -0.1) is 0 Å². The summed E-state index contributed by atoms with van der Waals surface area (Å²) in [5.74, 6) is -1.02. The zero-order valence-corrected chi connectivity index (χ0v) is 34.4. The number of phosphoric acid groups is 2. The molecule has 0 aromatic heterocycles. The molecule has 0 radical (unpaired) electrons. The van der Waals surface area contributed by atoms with Gasteiger partial charge in [0.2, 0.25) is 0 Å². The molecule has 0 aromatic rings. The lowest BCUT2D eigenvalue weighted by molar-refractivity contribution is -0.148. The molecule has 5 N–H and O–H groups in total. The molecule has 0 aliphatic heterocycles. The summed E-state index contributed by atoms with van der Waals surface area (Å²) in [5, 5.41) is 29.8. The second-order valence-corrected chi connectivity index (χ2v) is 16.2. The van der Waals surface area contributed by atoms with Crippen LogP contribution in [0.5, 0.6) is 0 Å². The van der Waals surface area contributed by atoms with E-state index >= 15 is 0 Å². The Morgan fingerprint density at radius 2 is 0.741 bits per heavy atom. The summed E-state index contributed by atoms with van der Waals surface area (Å²) < 4.78 is 52.6. The van der Waals surface area contributed by atoms with Crippen LogP contribution in [0.1, 0.15) is 142 Å². The fourth-order valence-corrected chi connectivity index (χ4v) is 6.29. The first-order valence-corrected chi connectivity index (χ1v) is 22.7. The van der Waals surface area contributed by atoms with Crippen molar-refractivity contribution in [2.24, 2.45) is 0 Å². The predicted molar refractivity (Wildman–Crippen MR) is 205 cm³/mol. The van der Waals surface area contributed by atoms with Crippen molar-refractivity contribution in [3.63, 3.8) is 0 Å². The third kappa shape index (κ3) is 36.2. The fraction of sp³-hybridized carbons (Fsp3) is 0.838. The Morgan fingerprint density at radius 3 is 1.07 bits per heavy atom. The summed E-state index contributed by atoms with van der Waals surface area (Å²) in [4.78, 5) is 43.4. The number of ether oxygens (including phenoxy) is 2. The topological polar surface area (TPSA) is 225 Å². The normalized spacial score (nSPS) is 15.9. The largest absolute Gasteiger partial charge is 0.472 e. The zero-order chi connectivity index (χ0) is 40.3. The molecule has 0 amide bonds. The van der Waals surface area contributed by atoms with Gasteiger partial charge >= 0.3 is 27.6 Å². The average molecular weight is 817 g/mol. The van der Waals surface area contributed by atoms with Crippen LogP contribution in [0.2, 0.25) is 0 Å². The maximum Gasteiger partial charge on any atom is 0.472 e. The minimum absolute atomic E-state index is 0.187. The molecule has 15 nitrogen and oxygen atoms in total. The van der Waals surface area contributed by atoms with Crippen molar-refractivity contribution < 1.29 is 71.4 Å². The predicted octanol–water partition coefficient (Wildman–Crippen LogP) is 7.38. The van der Waals surface area contributed by atoms with Gasteiger partial charge in [-0.3, -0.25) is 27.7 Å². The maximum atomic E-state index is 12.1. The number of rotatable bonds is 38. The van der Waals surface area contributed by atoms with Gasteiger partial charge in [-0.2, -0.15) is 0 Å². The lowest BCUT2D eigenvalue weighted by Gasteiger charge is -2.19. The summed E-state index contributed by atoms with van der Waals surface area (Å²) in [7, 11) is -9.55. The third-order valence-electron chi connectivity index (χ3n) is 7.88. The number of esters is 2. The van der Waals surface area contributed by atoms with Crippen molar-refractivity contribution >= 4 is 27.6 Å². The number of aliphatic hydroxyl groups is 3. The van der Waals surface area contributed by atoms with Crippen LogP contribution in [0, 0.1) is 0 Å². The molecule has 4 unspecified atom stereocenters. The first kappa shape index (κ1) is 52.5. The van der Waals surface area contributed by atoms with E-state index in [4.69, 9.17) is 9.47 Å². The Morgan fingerprint density at radius 1 is 0.463 bits per heavy atom. The molecule has 318 valence electrons. The molecule has 0 saturated carbocycles. The van der Waals surface area contributed by atoms with Crippen LogP contribution in [0.15, 0.2) is 24.3 Å². The molecule has 0 heterocycles. The molecule has 54 heavy (non-hydrogen) atoms. The van der Waals surface area contributed by atoms with Gasteiger partial charge in [-0.1, -0.05) is 102 Å². The average Bonchev–Trinajstić information content (AvgIpc) is 3.14. The van der Waals surface area contributed by atoms with E-state index in [0.717, 1.165) is 77.0 Å². The van der Waals surface area contributed by atoms with Crippen molar-refractivity contribution in [1.82, 2.24) is 0 Å². The van der Waals surface area contributed by atoms with E-state index in [9.17, 15) is 43.8 Å². The molecule has 0 rings (SSSR count). The second-order valence-electron chi connectivity index (χ2n) is 13.3. The van der Waals surface area contributed by atoms with Crippen LogP contribution in [0.25, 0.3) is 0 Å². The molecular formula is C37H70O15P2. The molecule has 0 aromatic carbocycles. The lowest BCUT2D eigenvalue weighted by atomic mass is 10.1. The third-order valence-corrected chi connectivity index (χ3v) is 9.78. The standard InChI is InChI=1S/C37H70O15P2/c1-3-5-7-9-11-13-15-17-19-21-23-25-36(41)47-27-33(38)29-49-53(43,44)51-31-35(40)32-52-54(45,46)50-30-34(39)28-48-37(42)26-24-22-20-18-16-14-12-10-8-6-4-2/h9-12,33-35,38-40H,3-8,13-32H2,1-2H3,(H,43,44)(H,45,46)/b11-9-,12-10-. The first-order chi connectivity index (χ1) is 25.8. The number of carbonyl (C=O) groups is 2. The number of hydrogen-bond acceptors (Lipinski definition) is 13. The van der Waals surface area contributed by atoms with E-state index in [1.807, 2.05) is 0 Å². The van der Waals surface area contributed by atoms with E-state index in [0.29, 0.717) is 12.8 Å². The van der Waals surface area contributed by atoms with E-state index in [2.05, 4.69) is 56.2 Å². The van der Waals surface area contributed by atoms with Gasteiger partial charge in [0, 0.05) is 12.8 Å². The highest BCUT2D eigenvalue weighted by atomic mass is 31.2. The summed E-state index contributed by atoms with van der Waals surface area (Å²) in [6.07, 6.45) is 23.4. The van der Waals surface area contributed by atoms with Crippen molar-refractivity contribution in [3.8, 4) is 0 Å². The number of unbranched alkanes of at least 4 members (excludes halogenated alkanes) is 14. The minimum atomic E-state index is -4.77. The van der Waals surface area contributed by atoms with Crippen LogP contribution >= 0.6 is 15.6 Å². The van der Waals surface area contributed by atoms with Gasteiger partial charge in [0.05, 0.1) is 26.4 Å². The van der Waals surface area contributed by atoms with Crippen molar-refractivity contribution in [2.75, 3.05) is 39.6 Å². The van der Waals surface area contributed by atoms with Gasteiger partial charge in [0.25, 0.3) is 0 Å². The van der Waals surface area contributed by atoms with Crippen molar-refractivity contribution in [1.29, 1.82) is 0 Å². The number of carbonyl (C=O) groups excluding carboxylic acids is 2. The van der Waals surface area contributed by atoms with Crippen LogP contribution in [-0.2, 0) is 46.3 Å². The number of phosphoric ester groups is 2. The number of hydrogen-bond donors (Lipinski definition) is 5. The summed E-state index contributed by atoms with van der Waals surface area (Å²) in [6.45, 7) is 0.282. The monoisotopic (exact) mass is 816 g/mol. The lowest BCUT2D eigenvalue weighted by Crippen LogP contribution is -2.25. The smallest absolute Gasteiger partial charge is 0.463 e. The van der Waals surface area contributed by atoms with E-state index in [1.165, 1.54) is 25.7 Å². The molecule has 0 saturated heterocycles. The Balaban J connectivity index is 3.98. The van der Waals surface area contributed by atoms with Crippen LogP contribution in [0.3, 0.4) is 0 Å². The summed E-state index contributed by atoms with van der Waals surface area (Å²) >= 11 is 0. The summed E-state index contributed by atoms with van der Waals surface area (Å²) in [6, 6.07) is 0. The Bertz CT molecular complexity index is 1010. The van der Waals surface area contributed by atoms with Crippen LogP contribution in [-0.4, -0.2) is 95.0 Å². The first-order valence-electron chi connectivity index (χ1n) is 19.7. The number of aliphatic hydroxyl groups excluding tert-OH is 3. The van der Waals surface area contributed by atoms with Crippen molar-refractivity contribution in [2.45, 2.75) is 161 Å². The van der Waals surface area contributed by atoms with E-state index in [-0.39, 0.29) is 12.8 Å². The van der Waals surface area contributed by atoms with E-state index < -0.39 is 85.5 Å². The van der Waals surface area contributed by atoms with Gasteiger partial charge < -0.3 is 34.6 Å². The maximum absolute atomic E-state index is 12.1. The fourth-order valence-electron chi connectivity index (χ4n) is 4.70. The summed E-state index contributed by atoms with van der Waals surface area (Å²) in [5.41, 5.74) is 0. The number of allylic oxidation sites excluding steroid dienone is 4. The SMILES string of the molecule is CCCC/C=C\CCCCCCCC(=O)OCC(O)COP(=O)(O)OCC(O)COP(=O)(O)OCC(O)COC(=O)CCCCCCC/C=C\CCCC. The minimum Gasteiger partial charge on any atom is -0.463 e. The highest BCUT2D eigenvalue weighted by Crippen LogP contribution is 2.45. The Labute approximate surface area is 323 Å². The van der Waals surface area contributed by atoms with Gasteiger partial charge in [0.1, 0.15) is 31.5 Å². The second kappa shape index (κ2) is 34.7. The molecule has 4 atom stereocenters. The van der Waals surface area contributed by atoms with Crippen LogP contribution in [0.4, 0.5) is 0 Å². The zero-order valence-electron chi connectivity index (χ0n) is 32.6. The highest BCUT2D eigenvalue weighted by Gasteiger charge is 2.28. The quantitative estimate of drug-likeness (QED) is 0.0177. The molecule has 17 heteroatoms. The molecule has 0 aliphatic carbocycles. The van der Waals surface area contributed by atoms with E-state index in [1.54, 1.807) is 0 Å². The van der Waals surface area contributed by atoms with Crippen molar-refractivity contribution in [3.05, 3.63) is 24.3 Å². The molecular weight excluding hydrogens is 746 g/mol.